The lowest BCUT2D eigenvalue weighted by Crippen LogP contribution is -2.40. The number of amides is 1. The Bertz CT molecular complexity index is 693. The molecule has 1 amide bonds. The molecule has 1 aliphatic heterocycles. The van der Waals surface area contributed by atoms with Crippen molar-refractivity contribution in [2.75, 3.05) is 6.54 Å². The highest BCUT2D eigenvalue weighted by atomic mass is 35.5. The van der Waals surface area contributed by atoms with E-state index in [-0.39, 0.29) is 11.4 Å². The first-order valence-corrected chi connectivity index (χ1v) is 9.16. The van der Waals surface area contributed by atoms with E-state index in [2.05, 4.69) is 0 Å². The molecule has 1 saturated heterocycles. The standard InChI is InChI=1S/C14H16Cl3NO3S/c1-9-4-6-10(7-5-9)22(20,21)18-8-11(13(2,3)15)14(16,17)12(18)19/h4-7,11H,8H2,1-3H3. The van der Waals surface area contributed by atoms with Gasteiger partial charge in [0.25, 0.3) is 15.9 Å². The summed E-state index contributed by atoms with van der Waals surface area (Å²) in [5.74, 6) is -1.59. The Hall–Kier alpha value is -0.490. The van der Waals surface area contributed by atoms with Crippen LogP contribution in [0.3, 0.4) is 0 Å². The number of halogens is 3. The molecule has 22 heavy (non-hydrogen) atoms. The molecule has 0 spiro atoms. The van der Waals surface area contributed by atoms with Crippen LogP contribution in [-0.4, -0.2) is 34.4 Å². The monoisotopic (exact) mass is 383 g/mol. The molecule has 0 aromatic heterocycles. The van der Waals surface area contributed by atoms with Gasteiger partial charge in [0, 0.05) is 17.3 Å². The van der Waals surface area contributed by atoms with Crippen LogP contribution < -0.4 is 0 Å². The lowest BCUT2D eigenvalue weighted by molar-refractivity contribution is -0.124. The zero-order chi connectivity index (χ0) is 16.9. The Morgan fingerprint density at radius 1 is 1.23 bits per heavy atom. The molecule has 0 aliphatic carbocycles. The third kappa shape index (κ3) is 2.96. The SMILES string of the molecule is Cc1ccc(S(=O)(=O)N2CC(C(C)(C)Cl)C(Cl)(Cl)C2=O)cc1. The van der Waals surface area contributed by atoms with Crippen molar-refractivity contribution in [1.82, 2.24) is 4.31 Å². The minimum Gasteiger partial charge on any atom is -0.270 e. The zero-order valence-corrected chi connectivity index (χ0v) is 15.4. The van der Waals surface area contributed by atoms with Gasteiger partial charge in [-0.3, -0.25) is 4.79 Å². The zero-order valence-electron chi connectivity index (χ0n) is 12.3. The molecule has 4 nitrogen and oxygen atoms in total. The van der Waals surface area contributed by atoms with Gasteiger partial charge in [0.2, 0.25) is 4.33 Å². The number of aryl methyl sites for hydroxylation is 1. The van der Waals surface area contributed by atoms with Gasteiger partial charge in [-0.05, 0) is 32.9 Å². The molecule has 1 unspecified atom stereocenters. The molecule has 0 N–H and O–H groups in total. The third-order valence-corrected chi connectivity index (χ3v) is 6.61. The van der Waals surface area contributed by atoms with E-state index in [9.17, 15) is 13.2 Å². The topological polar surface area (TPSA) is 54.5 Å². The highest BCUT2D eigenvalue weighted by Gasteiger charge is 2.59. The average Bonchev–Trinajstić information content (AvgIpc) is 2.61. The van der Waals surface area contributed by atoms with Crippen molar-refractivity contribution in [2.45, 2.75) is 34.9 Å². The Morgan fingerprint density at radius 3 is 2.14 bits per heavy atom. The van der Waals surface area contributed by atoms with Crippen LogP contribution in [0.15, 0.2) is 29.2 Å². The Morgan fingerprint density at radius 2 is 1.73 bits per heavy atom. The van der Waals surface area contributed by atoms with Gasteiger partial charge >= 0.3 is 0 Å². The first kappa shape index (κ1) is 17.9. The largest absolute Gasteiger partial charge is 0.273 e. The fraction of sp³-hybridized carbons (Fsp3) is 0.500. The number of hydrogen-bond acceptors (Lipinski definition) is 3. The fourth-order valence-electron chi connectivity index (χ4n) is 2.37. The first-order valence-electron chi connectivity index (χ1n) is 6.59. The minimum atomic E-state index is -4.01. The molecule has 1 aromatic carbocycles. The number of carbonyl (C=O) groups is 1. The van der Waals surface area contributed by atoms with Gasteiger partial charge in [-0.15, -0.1) is 11.6 Å². The second-order valence-electron chi connectivity index (χ2n) is 5.89. The van der Waals surface area contributed by atoms with Crippen LogP contribution >= 0.6 is 34.8 Å². The molecule has 122 valence electrons. The van der Waals surface area contributed by atoms with Crippen molar-refractivity contribution in [3.05, 3.63) is 29.8 Å². The number of alkyl halides is 3. The van der Waals surface area contributed by atoms with E-state index in [1.165, 1.54) is 12.1 Å². The Balaban J connectivity index is 2.45. The molecule has 0 bridgehead atoms. The molecule has 8 heteroatoms. The molecule has 0 radical (unpaired) electrons. The van der Waals surface area contributed by atoms with E-state index in [0.29, 0.717) is 4.31 Å². The van der Waals surface area contributed by atoms with Crippen molar-refractivity contribution in [3.63, 3.8) is 0 Å². The number of nitrogens with zero attached hydrogens (tertiary/aromatic N) is 1. The molecule has 2 rings (SSSR count). The van der Waals surface area contributed by atoms with Crippen molar-refractivity contribution in [3.8, 4) is 0 Å². The lowest BCUT2D eigenvalue weighted by Gasteiger charge is -2.29. The molecule has 1 fully saturated rings. The van der Waals surface area contributed by atoms with Crippen LogP contribution in [0.25, 0.3) is 0 Å². The van der Waals surface area contributed by atoms with Crippen LogP contribution in [0.5, 0.6) is 0 Å². The summed E-state index contributed by atoms with van der Waals surface area (Å²) in [5, 5.41) is 0. The smallest absolute Gasteiger partial charge is 0.270 e. The van der Waals surface area contributed by atoms with E-state index >= 15 is 0 Å². The van der Waals surface area contributed by atoms with Crippen LogP contribution in [0.4, 0.5) is 0 Å². The van der Waals surface area contributed by atoms with Gasteiger partial charge in [-0.25, -0.2) is 12.7 Å². The summed E-state index contributed by atoms with van der Waals surface area (Å²) in [6.07, 6.45) is 0. The molecular weight excluding hydrogens is 369 g/mol. The highest BCUT2D eigenvalue weighted by Crippen LogP contribution is 2.48. The van der Waals surface area contributed by atoms with Crippen LogP contribution in [0.1, 0.15) is 19.4 Å². The number of rotatable bonds is 3. The summed E-state index contributed by atoms with van der Waals surface area (Å²) in [6.45, 7) is 4.98. The van der Waals surface area contributed by atoms with Crippen molar-refractivity contribution < 1.29 is 13.2 Å². The summed E-state index contributed by atoms with van der Waals surface area (Å²) in [5.41, 5.74) is 0.913. The second-order valence-corrected chi connectivity index (χ2v) is 10.1. The summed E-state index contributed by atoms with van der Waals surface area (Å²) in [7, 11) is -4.01. The van der Waals surface area contributed by atoms with Crippen LogP contribution in [0, 0.1) is 12.8 Å². The van der Waals surface area contributed by atoms with E-state index < -0.39 is 31.1 Å². The third-order valence-electron chi connectivity index (χ3n) is 3.74. The summed E-state index contributed by atoms with van der Waals surface area (Å²) < 4.78 is 24.2. The van der Waals surface area contributed by atoms with Gasteiger partial charge < -0.3 is 0 Å². The number of benzene rings is 1. The molecular formula is C14H16Cl3NO3S. The Labute approximate surface area is 145 Å². The molecule has 1 atom stereocenters. The normalized spacial score (nSPS) is 22.2. The van der Waals surface area contributed by atoms with Crippen molar-refractivity contribution >= 4 is 50.7 Å². The predicted octanol–water partition coefficient (Wildman–Crippen LogP) is 3.33. The maximum Gasteiger partial charge on any atom is 0.273 e. The van der Waals surface area contributed by atoms with E-state index in [1.54, 1.807) is 26.0 Å². The highest BCUT2D eigenvalue weighted by molar-refractivity contribution is 7.89. The fourth-order valence-corrected chi connectivity index (χ4v) is 5.15. The average molecular weight is 385 g/mol. The van der Waals surface area contributed by atoms with Crippen molar-refractivity contribution in [2.24, 2.45) is 5.92 Å². The second kappa shape index (κ2) is 5.55. The molecule has 1 heterocycles. The van der Waals surface area contributed by atoms with Gasteiger partial charge in [-0.1, -0.05) is 40.9 Å². The van der Waals surface area contributed by atoms with Gasteiger partial charge in [0.15, 0.2) is 0 Å². The minimum absolute atomic E-state index is 0.0172. The summed E-state index contributed by atoms with van der Waals surface area (Å²) >= 11 is 18.4. The van der Waals surface area contributed by atoms with Gasteiger partial charge in [0.1, 0.15) is 0 Å². The quantitative estimate of drug-likeness (QED) is 0.751. The number of carbonyl (C=O) groups excluding carboxylic acids is 1. The molecule has 0 saturated carbocycles. The maximum atomic E-state index is 12.7. The maximum absolute atomic E-state index is 12.7. The van der Waals surface area contributed by atoms with E-state index in [0.717, 1.165) is 5.56 Å². The van der Waals surface area contributed by atoms with E-state index in [4.69, 9.17) is 34.8 Å². The molecule has 1 aromatic rings. The predicted molar refractivity (Wildman–Crippen MR) is 87.9 cm³/mol. The van der Waals surface area contributed by atoms with Gasteiger partial charge in [-0.2, -0.15) is 0 Å². The van der Waals surface area contributed by atoms with Crippen LogP contribution in [-0.2, 0) is 14.8 Å². The van der Waals surface area contributed by atoms with Crippen molar-refractivity contribution in [1.29, 1.82) is 0 Å². The first-order chi connectivity index (χ1) is 9.88. The summed E-state index contributed by atoms with van der Waals surface area (Å²) in [4.78, 5) is 11.5. The lowest BCUT2D eigenvalue weighted by atomic mass is 9.93. The Kier molecular flexibility index (Phi) is 4.50. The van der Waals surface area contributed by atoms with Gasteiger partial charge in [0.05, 0.1) is 4.90 Å². The summed E-state index contributed by atoms with van der Waals surface area (Å²) in [6, 6.07) is 6.21. The number of sulfonamides is 1. The molecule has 1 aliphatic rings. The van der Waals surface area contributed by atoms with E-state index in [1.807, 2.05) is 6.92 Å². The van der Waals surface area contributed by atoms with Crippen LogP contribution in [0.2, 0.25) is 0 Å². The number of hydrogen-bond donors (Lipinski definition) is 0.